The van der Waals surface area contributed by atoms with E-state index in [0.717, 1.165) is 0 Å². The van der Waals surface area contributed by atoms with E-state index in [0.29, 0.717) is 0 Å². The summed E-state index contributed by atoms with van der Waals surface area (Å²) in [6.07, 6.45) is -4.63. The third-order valence-electron chi connectivity index (χ3n) is 0.614. The van der Waals surface area contributed by atoms with Gasteiger partial charge >= 0.3 is 6.36 Å². The number of halogens is 3. The second kappa shape index (κ2) is 3.72. The lowest BCUT2D eigenvalue weighted by Gasteiger charge is -2.05. The molecule has 0 aromatic rings. The van der Waals surface area contributed by atoms with Gasteiger partial charge in [0.25, 0.3) is 0 Å². The monoisotopic (exact) mass is 173 g/mol. The van der Waals surface area contributed by atoms with E-state index in [2.05, 4.69) is 17.0 Å². The van der Waals surface area contributed by atoms with Crippen LogP contribution in [0.4, 0.5) is 13.2 Å². The molecule has 0 aromatic carbocycles. The van der Waals surface area contributed by atoms with Gasteiger partial charge in [0.1, 0.15) is 0 Å². The summed E-state index contributed by atoms with van der Waals surface area (Å²) in [6, 6.07) is 0. The molecule has 0 bridgehead atoms. The Bertz CT molecular complexity index is 124. The highest BCUT2D eigenvalue weighted by Crippen LogP contribution is 2.15. The van der Waals surface area contributed by atoms with Gasteiger partial charge in [-0.3, -0.25) is 4.74 Å². The smallest absolute Gasteiger partial charge is 0.393 e. The molecule has 0 radical (unpaired) electrons. The van der Waals surface area contributed by atoms with Gasteiger partial charge in [0.05, 0.1) is 11.6 Å². The number of hydrogen-bond donors (Lipinski definition) is 1. The molecule has 0 saturated heterocycles. The van der Waals surface area contributed by atoms with Gasteiger partial charge in [0.15, 0.2) is 0 Å². The maximum absolute atomic E-state index is 11.2. The number of nitrogens with two attached hydrogens (primary N) is 1. The minimum atomic E-state index is -4.58. The van der Waals surface area contributed by atoms with Crippen LogP contribution in [0.1, 0.15) is 6.42 Å². The quantitative estimate of drug-likeness (QED) is 0.651. The van der Waals surface area contributed by atoms with E-state index >= 15 is 0 Å². The molecule has 0 fully saturated rings. The molecule has 0 aromatic heterocycles. The topological polar surface area (TPSA) is 35.2 Å². The third kappa shape index (κ3) is 7.64. The average molecular weight is 173 g/mol. The molecule has 0 amide bonds. The van der Waals surface area contributed by atoms with E-state index in [1.54, 1.807) is 0 Å². The Morgan fingerprint density at radius 3 is 2.30 bits per heavy atom. The Morgan fingerprint density at radius 1 is 1.50 bits per heavy atom. The second-order valence-electron chi connectivity index (χ2n) is 1.51. The molecule has 0 spiro atoms. The molecule has 10 heavy (non-hydrogen) atoms. The fraction of sp³-hybridized carbons (Fsp3) is 0.750. The summed E-state index contributed by atoms with van der Waals surface area (Å²) in [6.45, 7) is -0.501. The highest BCUT2D eigenvalue weighted by Gasteiger charge is 2.28. The molecule has 0 unspecified atom stereocenters. The molecule has 2 N–H and O–H groups in total. The van der Waals surface area contributed by atoms with E-state index in [1.165, 1.54) is 0 Å². The molecule has 0 heterocycles. The molecular weight excluding hydrogens is 167 g/mol. The zero-order valence-electron chi connectivity index (χ0n) is 4.94. The molecule has 0 atom stereocenters. The third-order valence-corrected chi connectivity index (χ3v) is 0.818. The number of hydrogen-bond acceptors (Lipinski definition) is 2. The Hall–Kier alpha value is -0.360. The van der Waals surface area contributed by atoms with Gasteiger partial charge in [-0.2, -0.15) is 0 Å². The van der Waals surface area contributed by atoms with Crippen LogP contribution in [0.15, 0.2) is 0 Å². The predicted molar refractivity (Wildman–Crippen MR) is 33.4 cm³/mol. The van der Waals surface area contributed by atoms with Crippen molar-refractivity contribution in [2.75, 3.05) is 6.61 Å². The zero-order chi connectivity index (χ0) is 8.20. The van der Waals surface area contributed by atoms with Crippen molar-refractivity contribution in [1.82, 2.24) is 0 Å². The highest BCUT2D eigenvalue weighted by atomic mass is 32.1. The van der Waals surface area contributed by atoms with E-state index < -0.39 is 13.0 Å². The number of thiocarbonyl (C=S) groups is 1. The van der Waals surface area contributed by atoms with Crippen molar-refractivity contribution in [2.24, 2.45) is 5.73 Å². The summed E-state index contributed by atoms with van der Waals surface area (Å²) >= 11 is 4.31. The van der Waals surface area contributed by atoms with Crippen molar-refractivity contribution < 1.29 is 17.9 Å². The fourth-order valence-corrected chi connectivity index (χ4v) is 0.351. The molecule has 0 aliphatic carbocycles. The largest absolute Gasteiger partial charge is 0.522 e. The van der Waals surface area contributed by atoms with E-state index in [-0.39, 0.29) is 11.4 Å². The summed E-state index contributed by atoms with van der Waals surface area (Å²) in [5, 5.41) is 0. The zero-order valence-corrected chi connectivity index (χ0v) is 5.76. The summed E-state index contributed by atoms with van der Waals surface area (Å²) < 4.78 is 37.0. The van der Waals surface area contributed by atoms with Crippen LogP contribution in [-0.4, -0.2) is 18.0 Å². The van der Waals surface area contributed by atoms with Gasteiger partial charge in [-0.25, -0.2) is 0 Å². The van der Waals surface area contributed by atoms with Crippen molar-refractivity contribution in [3.8, 4) is 0 Å². The first-order valence-corrected chi connectivity index (χ1v) is 2.81. The first-order chi connectivity index (χ1) is 4.42. The average Bonchev–Trinajstić information content (AvgIpc) is 1.59. The molecular formula is C4H6F3NOS. The van der Waals surface area contributed by atoms with Crippen LogP contribution >= 0.6 is 12.2 Å². The molecule has 0 saturated carbocycles. The molecule has 6 heteroatoms. The van der Waals surface area contributed by atoms with Crippen LogP contribution < -0.4 is 5.73 Å². The number of ether oxygens (including phenoxy) is 1. The summed E-state index contributed by atoms with van der Waals surface area (Å²) in [5.41, 5.74) is 4.91. The number of rotatable bonds is 3. The Labute approximate surface area is 61.1 Å². The summed E-state index contributed by atoms with van der Waals surface area (Å²) in [5.74, 6) is 0. The minimum Gasteiger partial charge on any atom is -0.393 e. The van der Waals surface area contributed by atoms with Gasteiger partial charge in [-0.1, -0.05) is 12.2 Å². The van der Waals surface area contributed by atoms with Gasteiger partial charge in [-0.05, 0) is 0 Å². The summed E-state index contributed by atoms with van der Waals surface area (Å²) in [4.78, 5) is 0.0178. The minimum absolute atomic E-state index is 0.0178. The molecule has 60 valence electrons. The van der Waals surface area contributed by atoms with Crippen molar-refractivity contribution in [2.45, 2.75) is 12.8 Å². The lowest BCUT2D eigenvalue weighted by atomic mass is 10.5. The maximum Gasteiger partial charge on any atom is 0.522 e. The lowest BCUT2D eigenvalue weighted by Crippen LogP contribution is -2.18. The van der Waals surface area contributed by atoms with Crippen LogP contribution in [0.3, 0.4) is 0 Å². The highest BCUT2D eigenvalue weighted by molar-refractivity contribution is 7.80. The van der Waals surface area contributed by atoms with Crippen molar-refractivity contribution in [3.05, 3.63) is 0 Å². The number of alkyl halides is 3. The molecule has 0 rings (SSSR count). The first-order valence-electron chi connectivity index (χ1n) is 2.41. The van der Waals surface area contributed by atoms with E-state index in [1.807, 2.05) is 0 Å². The van der Waals surface area contributed by atoms with Crippen LogP contribution in [-0.2, 0) is 4.74 Å². The van der Waals surface area contributed by atoms with Crippen LogP contribution in [0.25, 0.3) is 0 Å². The van der Waals surface area contributed by atoms with Crippen LogP contribution in [0.5, 0.6) is 0 Å². The van der Waals surface area contributed by atoms with Crippen LogP contribution in [0, 0.1) is 0 Å². The fourth-order valence-electron chi connectivity index (χ4n) is 0.267. The lowest BCUT2D eigenvalue weighted by molar-refractivity contribution is -0.323. The van der Waals surface area contributed by atoms with E-state index in [9.17, 15) is 13.2 Å². The second-order valence-corrected chi connectivity index (χ2v) is 2.03. The van der Waals surface area contributed by atoms with Gasteiger partial charge in [0.2, 0.25) is 0 Å². The normalized spacial score (nSPS) is 11.5. The van der Waals surface area contributed by atoms with Gasteiger partial charge < -0.3 is 5.73 Å². The molecule has 0 aliphatic rings. The molecule has 2 nitrogen and oxygen atoms in total. The molecule has 0 aliphatic heterocycles. The van der Waals surface area contributed by atoms with E-state index in [4.69, 9.17) is 5.73 Å². The van der Waals surface area contributed by atoms with Crippen LogP contribution in [0.2, 0.25) is 0 Å². The van der Waals surface area contributed by atoms with Crippen molar-refractivity contribution >= 4 is 17.2 Å². The Balaban J connectivity index is 3.29. The first kappa shape index (κ1) is 9.64. The Kier molecular flexibility index (Phi) is 3.59. The standard InChI is InChI=1S/C4H6F3NOS/c5-4(6,7)9-2-1-3(8)10/h1-2H2,(H2,8,10). The van der Waals surface area contributed by atoms with Crippen molar-refractivity contribution in [1.29, 1.82) is 0 Å². The van der Waals surface area contributed by atoms with Crippen molar-refractivity contribution in [3.63, 3.8) is 0 Å². The maximum atomic E-state index is 11.2. The van der Waals surface area contributed by atoms with Gasteiger partial charge in [0, 0.05) is 6.42 Å². The Morgan fingerprint density at radius 2 is 2.00 bits per heavy atom. The SMILES string of the molecule is NC(=S)CCOC(F)(F)F. The summed E-state index contributed by atoms with van der Waals surface area (Å²) in [7, 11) is 0. The predicted octanol–water partition coefficient (Wildman–Crippen LogP) is 1.20. The van der Waals surface area contributed by atoms with Gasteiger partial charge in [-0.15, -0.1) is 13.2 Å².